The molecular weight excluding hydrogens is 190 g/mol. The minimum Gasteiger partial charge on any atom is -0.476 e. The van der Waals surface area contributed by atoms with Gasteiger partial charge in [-0.05, 0) is 18.6 Å². The van der Waals surface area contributed by atoms with Gasteiger partial charge >= 0.3 is 5.97 Å². The van der Waals surface area contributed by atoms with E-state index in [1.807, 2.05) is 0 Å². The summed E-state index contributed by atoms with van der Waals surface area (Å²) in [7, 11) is 0. The maximum Gasteiger partial charge on any atom is 0.357 e. The van der Waals surface area contributed by atoms with E-state index in [1.165, 1.54) is 6.26 Å². The van der Waals surface area contributed by atoms with Crippen molar-refractivity contribution < 1.29 is 14.3 Å². The number of rotatable bonds is 2. The molecular formula is C8H9NO3S. The largest absolute Gasteiger partial charge is 0.476 e. The van der Waals surface area contributed by atoms with Crippen molar-refractivity contribution in [2.75, 3.05) is 5.75 Å². The molecule has 1 aromatic heterocycles. The zero-order chi connectivity index (χ0) is 9.26. The highest BCUT2D eigenvalue weighted by molar-refractivity contribution is 7.99. The monoisotopic (exact) mass is 199 g/mol. The predicted octanol–water partition coefficient (Wildman–Crippen LogP) is 1.94. The third kappa shape index (κ3) is 1.70. The maximum absolute atomic E-state index is 10.5. The average molecular weight is 199 g/mol. The first-order chi connectivity index (χ1) is 6.27. The van der Waals surface area contributed by atoms with E-state index in [-0.39, 0.29) is 10.9 Å². The van der Waals surface area contributed by atoms with E-state index >= 15 is 0 Å². The number of oxazole rings is 1. The van der Waals surface area contributed by atoms with Gasteiger partial charge in [0.2, 0.25) is 5.89 Å². The van der Waals surface area contributed by atoms with Crippen molar-refractivity contribution in [2.24, 2.45) is 0 Å². The molecule has 1 atom stereocenters. The number of aromatic nitrogens is 1. The fraction of sp³-hybridized carbons (Fsp3) is 0.500. The van der Waals surface area contributed by atoms with Crippen LogP contribution in [0, 0.1) is 0 Å². The van der Waals surface area contributed by atoms with Gasteiger partial charge in [-0.1, -0.05) is 0 Å². The number of aromatic carboxylic acids is 1. The van der Waals surface area contributed by atoms with E-state index < -0.39 is 5.97 Å². The predicted molar refractivity (Wildman–Crippen MR) is 47.9 cm³/mol. The van der Waals surface area contributed by atoms with Crippen LogP contribution in [0.5, 0.6) is 0 Å². The molecule has 4 nitrogen and oxygen atoms in total. The first-order valence-corrected chi connectivity index (χ1v) is 5.12. The van der Waals surface area contributed by atoms with Crippen LogP contribution in [-0.2, 0) is 0 Å². The Morgan fingerprint density at radius 3 is 3.15 bits per heavy atom. The summed E-state index contributed by atoms with van der Waals surface area (Å²) in [6, 6.07) is 0. The SMILES string of the molecule is O=C(O)c1coc(C2CCCS2)n1. The van der Waals surface area contributed by atoms with E-state index in [0.717, 1.165) is 18.6 Å². The topological polar surface area (TPSA) is 63.3 Å². The molecule has 0 saturated carbocycles. The Bertz CT molecular complexity index is 317. The van der Waals surface area contributed by atoms with E-state index in [0.29, 0.717) is 5.89 Å². The molecule has 1 aliphatic rings. The van der Waals surface area contributed by atoms with Crippen LogP contribution >= 0.6 is 11.8 Å². The minimum atomic E-state index is -1.03. The fourth-order valence-corrected chi connectivity index (χ4v) is 2.51. The molecule has 0 aliphatic carbocycles. The highest BCUT2D eigenvalue weighted by Crippen LogP contribution is 2.39. The van der Waals surface area contributed by atoms with Gasteiger partial charge in [0, 0.05) is 0 Å². The quantitative estimate of drug-likeness (QED) is 0.788. The van der Waals surface area contributed by atoms with Crippen molar-refractivity contribution in [1.82, 2.24) is 4.98 Å². The third-order valence-electron chi connectivity index (χ3n) is 1.95. The first-order valence-electron chi connectivity index (χ1n) is 4.07. The van der Waals surface area contributed by atoms with Crippen molar-refractivity contribution in [3.8, 4) is 0 Å². The second-order valence-electron chi connectivity index (χ2n) is 2.88. The van der Waals surface area contributed by atoms with Crippen LogP contribution in [0.3, 0.4) is 0 Å². The summed E-state index contributed by atoms with van der Waals surface area (Å²) in [6.45, 7) is 0. The van der Waals surface area contributed by atoms with Crippen molar-refractivity contribution in [3.05, 3.63) is 17.8 Å². The molecule has 1 saturated heterocycles. The molecule has 1 aliphatic heterocycles. The first kappa shape index (κ1) is 8.62. The highest BCUT2D eigenvalue weighted by atomic mass is 32.2. The lowest BCUT2D eigenvalue weighted by molar-refractivity contribution is 0.0690. The van der Waals surface area contributed by atoms with E-state index in [9.17, 15) is 4.79 Å². The van der Waals surface area contributed by atoms with Crippen molar-refractivity contribution >= 4 is 17.7 Å². The van der Waals surface area contributed by atoms with Crippen LogP contribution < -0.4 is 0 Å². The second kappa shape index (κ2) is 3.41. The summed E-state index contributed by atoms with van der Waals surface area (Å²) in [6.07, 6.45) is 3.39. The molecule has 1 fully saturated rings. The molecule has 5 heteroatoms. The summed E-state index contributed by atoms with van der Waals surface area (Å²) in [4.78, 5) is 14.4. The van der Waals surface area contributed by atoms with E-state index in [2.05, 4.69) is 4.98 Å². The zero-order valence-electron chi connectivity index (χ0n) is 6.90. The standard InChI is InChI=1S/C8H9NO3S/c10-8(11)5-4-12-7(9-5)6-2-1-3-13-6/h4,6H,1-3H2,(H,10,11). The molecule has 1 aromatic rings. The van der Waals surface area contributed by atoms with Gasteiger partial charge in [0.05, 0.1) is 5.25 Å². The molecule has 0 bridgehead atoms. The smallest absolute Gasteiger partial charge is 0.357 e. The lowest BCUT2D eigenvalue weighted by Gasteiger charge is -1.99. The molecule has 2 rings (SSSR count). The summed E-state index contributed by atoms with van der Waals surface area (Å²) in [5, 5.41) is 8.87. The van der Waals surface area contributed by atoms with Crippen molar-refractivity contribution in [3.63, 3.8) is 0 Å². The molecule has 13 heavy (non-hydrogen) atoms. The number of nitrogens with zero attached hydrogens (tertiary/aromatic N) is 1. The molecule has 0 aromatic carbocycles. The van der Waals surface area contributed by atoms with Gasteiger partial charge in [-0.3, -0.25) is 0 Å². The number of carbonyl (C=O) groups is 1. The Hall–Kier alpha value is -0.970. The van der Waals surface area contributed by atoms with Gasteiger partial charge < -0.3 is 9.52 Å². The Kier molecular flexibility index (Phi) is 2.26. The van der Waals surface area contributed by atoms with E-state index in [4.69, 9.17) is 9.52 Å². The lowest BCUT2D eigenvalue weighted by Crippen LogP contribution is -1.97. The van der Waals surface area contributed by atoms with Crippen LogP contribution in [0.1, 0.15) is 34.5 Å². The Morgan fingerprint density at radius 2 is 2.62 bits per heavy atom. The summed E-state index contributed by atoms with van der Waals surface area (Å²) in [5.74, 6) is 0.632. The van der Waals surface area contributed by atoms with Crippen LogP contribution in [0.15, 0.2) is 10.7 Å². The summed E-state index contributed by atoms with van der Waals surface area (Å²) < 4.78 is 5.10. The van der Waals surface area contributed by atoms with E-state index in [1.54, 1.807) is 11.8 Å². The van der Waals surface area contributed by atoms with Gasteiger partial charge in [0.15, 0.2) is 5.69 Å². The van der Waals surface area contributed by atoms with Gasteiger partial charge in [-0.2, -0.15) is 0 Å². The molecule has 0 radical (unpaired) electrons. The number of hydrogen-bond donors (Lipinski definition) is 1. The molecule has 1 unspecified atom stereocenters. The minimum absolute atomic E-state index is 0.00231. The van der Waals surface area contributed by atoms with Crippen molar-refractivity contribution in [1.29, 1.82) is 0 Å². The summed E-state index contributed by atoms with van der Waals surface area (Å²) in [5.41, 5.74) is 0.00231. The number of hydrogen-bond acceptors (Lipinski definition) is 4. The van der Waals surface area contributed by atoms with Gasteiger partial charge in [-0.25, -0.2) is 9.78 Å². The third-order valence-corrected chi connectivity index (χ3v) is 3.31. The van der Waals surface area contributed by atoms with Gasteiger partial charge in [-0.15, -0.1) is 11.8 Å². The number of carboxylic acids is 1. The molecule has 0 amide bonds. The zero-order valence-corrected chi connectivity index (χ0v) is 7.71. The highest BCUT2D eigenvalue weighted by Gasteiger charge is 2.23. The molecule has 2 heterocycles. The average Bonchev–Trinajstić information content (AvgIpc) is 2.75. The second-order valence-corrected chi connectivity index (χ2v) is 4.19. The Balaban J connectivity index is 2.16. The fourth-order valence-electron chi connectivity index (χ4n) is 1.31. The summed E-state index contributed by atoms with van der Waals surface area (Å²) >= 11 is 1.77. The Morgan fingerprint density at radius 1 is 1.77 bits per heavy atom. The van der Waals surface area contributed by atoms with Crippen LogP contribution in [0.4, 0.5) is 0 Å². The van der Waals surface area contributed by atoms with Crippen molar-refractivity contribution in [2.45, 2.75) is 18.1 Å². The lowest BCUT2D eigenvalue weighted by atomic mass is 10.2. The van der Waals surface area contributed by atoms with Crippen LogP contribution in [0.2, 0.25) is 0 Å². The number of thioether (sulfide) groups is 1. The normalized spacial score (nSPS) is 22.0. The Labute approximate surface area is 79.3 Å². The van der Waals surface area contributed by atoms with Gasteiger partial charge in [0.1, 0.15) is 6.26 Å². The maximum atomic E-state index is 10.5. The molecule has 70 valence electrons. The van der Waals surface area contributed by atoms with Crippen LogP contribution in [-0.4, -0.2) is 21.8 Å². The molecule has 0 spiro atoms. The molecule has 1 N–H and O–H groups in total. The van der Waals surface area contributed by atoms with Crippen LogP contribution in [0.25, 0.3) is 0 Å². The van der Waals surface area contributed by atoms with Gasteiger partial charge in [0.25, 0.3) is 0 Å². The number of carboxylic acid groups (broad SMARTS) is 1.